The van der Waals surface area contributed by atoms with Gasteiger partial charge in [-0.3, -0.25) is 9.59 Å². The summed E-state index contributed by atoms with van der Waals surface area (Å²) in [6.45, 7) is 0. The molecular weight excluding hydrogens is 340 g/mol. The maximum atomic E-state index is 13.0. The lowest BCUT2D eigenvalue weighted by Crippen LogP contribution is -2.31. The fourth-order valence-electron chi connectivity index (χ4n) is 3.98. The molecule has 2 aromatic carbocycles. The Kier molecular flexibility index (Phi) is 3.57. The second kappa shape index (κ2) is 6.09. The van der Waals surface area contributed by atoms with Crippen molar-refractivity contribution in [1.82, 2.24) is 19.9 Å². The number of nitrogens with zero attached hydrogens (tertiary/aromatic N) is 2. The zero-order valence-corrected chi connectivity index (χ0v) is 14.6. The van der Waals surface area contributed by atoms with Gasteiger partial charge in [0.1, 0.15) is 11.2 Å². The summed E-state index contributed by atoms with van der Waals surface area (Å²) in [7, 11) is 0. The number of hydrogen-bond acceptors (Lipinski definition) is 3. The molecule has 2 aromatic heterocycles. The van der Waals surface area contributed by atoms with Crippen molar-refractivity contribution in [3.8, 4) is 0 Å². The highest BCUT2D eigenvalue weighted by Crippen LogP contribution is 2.29. The Hall–Kier alpha value is -3.41. The molecule has 4 aromatic rings. The minimum Gasteiger partial charge on any atom is -0.345 e. The average Bonchev–Trinajstić information content (AvgIpc) is 3.12. The Labute approximate surface area is 154 Å². The molecule has 5 rings (SSSR count). The van der Waals surface area contributed by atoms with Gasteiger partial charge < -0.3 is 10.3 Å². The molecule has 6 heteroatoms. The molecular formula is C21H18N4O2. The zero-order chi connectivity index (χ0) is 18.4. The van der Waals surface area contributed by atoms with Crippen LogP contribution in [0.2, 0.25) is 0 Å². The Morgan fingerprint density at radius 3 is 2.89 bits per heavy atom. The number of nitrogens with one attached hydrogen (secondary N) is 2. The largest absolute Gasteiger partial charge is 0.345 e. The van der Waals surface area contributed by atoms with Crippen molar-refractivity contribution in [2.45, 2.75) is 25.3 Å². The summed E-state index contributed by atoms with van der Waals surface area (Å²) < 4.78 is 1.61. The zero-order valence-electron chi connectivity index (χ0n) is 14.6. The van der Waals surface area contributed by atoms with E-state index in [1.165, 1.54) is 17.3 Å². The summed E-state index contributed by atoms with van der Waals surface area (Å²) in [5.74, 6) is -0.224. The Bertz CT molecular complexity index is 1240. The van der Waals surface area contributed by atoms with E-state index in [1.54, 1.807) is 16.6 Å². The first-order valence-electron chi connectivity index (χ1n) is 9.10. The molecule has 1 amide bonds. The number of carbonyl (C=O) groups excluding carboxylic acids is 1. The van der Waals surface area contributed by atoms with Crippen LogP contribution in [0.1, 0.15) is 40.4 Å². The molecule has 0 spiro atoms. The molecule has 2 N–H and O–H groups in total. The number of fused-ring (bicyclic) bond motifs is 4. The molecule has 0 radical (unpaired) electrons. The molecule has 0 fully saturated rings. The van der Waals surface area contributed by atoms with Gasteiger partial charge in [-0.1, -0.05) is 36.4 Å². The number of hydrogen-bond donors (Lipinski definition) is 2. The fraction of sp³-hybridized carbons (Fsp3) is 0.190. The smallest absolute Gasteiger partial charge is 0.259 e. The van der Waals surface area contributed by atoms with Crippen LogP contribution in [0.25, 0.3) is 16.6 Å². The Morgan fingerprint density at radius 2 is 1.96 bits per heavy atom. The molecule has 1 unspecified atom stereocenters. The SMILES string of the molecule is O=C(NC1CCCc2ccccc21)c1cnn2c1[nH]c(=O)c1ccccc12. The molecule has 1 aliphatic rings. The van der Waals surface area contributed by atoms with Gasteiger partial charge in [0.25, 0.3) is 11.5 Å². The molecule has 0 saturated heterocycles. The lowest BCUT2D eigenvalue weighted by atomic mass is 9.87. The Morgan fingerprint density at radius 1 is 1.15 bits per heavy atom. The van der Waals surface area contributed by atoms with Gasteiger partial charge in [0.15, 0.2) is 0 Å². The standard InChI is InChI=1S/C21H18N4O2/c26-20-15-9-3-4-11-18(15)25-19(24-20)16(12-22-25)21(27)23-17-10-5-7-13-6-1-2-8-14(13)17/h1-4,6,8-9,11-12,17H,5,7,10H2,(H,23,27)(H,24,26). The van der Waals surface area contributed by atoms with Crippen LogP contribution >= 0.6 is 0 Å². The highest BCUT2D eigenvalue weighted by atomic mass is 16.2. The number of carbonyl (C=O) groups is 1. The molecule has 27 heavy (non-hydrogen) atoms. The molecule has 2 heterocycles. The van der Waals surface area contributed by atoms with E-state index in [0.29, 0.717) is 22.1 Å². The summed E-state index contributed by atoms with van der Waals surface area (Å²) >= 11 is 0. The number of rotatable bonds is 2. The lowest BCUT2D eigenvalue weighted by molar-refractivity contribution is 0.0934. The molecule has 6 nitrogen and oxygen atoms in total. The molecule has 134 valence electrons. The first kappa shape index (κ1) is 15.8. The summed E-state index contributed by atoms with van der Waals surface area (Å²) in [5.41, 5.74) is 3.70. The maximum absolute atomic E-state index is 13.0. The van der Waals surface area contributed by atoms with Crippen molar-refractivity contribution in [3.05, 3.63) is 81.8 Å². The predicted octanol–water partition coefficient (Wildman–Crippen LogP) is 2.98. The molecule has 0 saturated carbocycles. The summed E-state index contributed by atoms with van der Waals surface area (Å²) in [5, 5.41) is 8.00. The van der Waals surface area contributed by atoms with Crippen molar-refractivity contribution < 1.29 is 4.79 Å². The van der Waals surface area contributed by atoms with Crippen LogP contribution < -0.4 is 10.9 Å². The normalized spacial score (nSPS) is 16.4. The van der Waals surface area contributed by atoms with E-state index in [4.69, 9.17) is 0 Å². The number of amides is 1. The van der Waals surface area contributed by atoms with E-state index in [-0.39, 0.29) is 17.5 Å². The topological polar surface area (TPSA) is 79.3 Å². The van der Waals surface area contributed by atoms with Crippen molar-refractivity contribution in [1.29, 1.82) is 0 Å². The van der Waals surface area contributed by atoms with Crippen molar-refractivity contribution in [2.75, 3.05) is 0 Å². The van der Waals surface area contributed by atoms with Crippen LogP contribution in [-0.2, 0) is 6.42 Å². The first-order valence-corrected chi connectivity index (χ1v) is 9.10. The van der Waals surface area contributed by atoms with Gasteiger partial charge in [0, 0.05) is 0 Å². The van der Waals surface area contributed by atoms with Crippen molar-refractivity contribution in [2.24, 2.45) is 0 Å². The van der Waals surface area contributed by atoms with E-state index in [2.05, 4.69) is 27.5 Å². The number of H-pyrrole nitrogens is 1. The molecule has 1 aliphatic carbocycles. The minimum absolute atomic E-state index is 0.0235. The van der Waals surface area contributed by atoms with Crippen LogP contribution in [-0.4, -0.2) is 20.5 Å². The second-order valence-electron chi connectivity index (χ2n) is 6.91. The van der Waals surface area contributed by atoms with Gasteiger partial charge in [-0.15, -0.1) is 0 Å². The van der Waals surface area contributed by atoms with Crippen LogP contribution in [0.5, 0.6) is 0 Å². The molecule has 0 aliphatic heterocycles. The first-order chi connectivity index (χ1) is 13.2. The lowest BCUT2D eigenvalue weighted by Gasteiger charge is -2.26. The highest BCUT2D eigenvalue weighted by Gasteiger charge is 2.24. The van der Waals surface area contributed by atoms with E-state index in [0.717, 1.165) is 19.3 Å². The Balaban J connectivity index is 1.55. The van der Waals surface area contributed by atoms with E-state index < -0.39 is 0 Å². The number of benzene rings is 2. The van der Waals surface area contributed by atoms with Gasteiger partial charge in [0.05, 0.1) is 23.1 Å². The fourth-order valence-corrected chi connectivity index (χ4v) is 3.98. The van der Waals surface area contributed by atoms with Crippen molar-refractivity contribution in [3.63, 3.8) is 0 Å². The van der Waals surface area contributed by atoms with Crippen LogP contribution in [0.15, 0.2) is 59.5 Å². The van der Waals surface area contributed by atoms with Gasteiger partial charge in [0.2, 0.25) is 0 Å². The van der Waals surface area contributed by atoms with Crippen LogP contribution in [0.4, 0.5) is 0 Å². The van der Waals surface area contributed by atoms with E-state index >= 15 is 0 Å². The molecule has 1 atom stereocenters. The number of para-hydroxylation sites is 1. The quantitative estimate of drug-likeness (QED) is 0.578. The highest BCUT2D eigenvalue weighted by molar-refractivity contribution is 6.00. The number of aromatic amines is 1. The van der Waals surface area contributed by atoms with Gasteiger partial charge in [-0.2, -0.15) is 5.10 Å². The van der Waals surface area contributed by atoms with Gasteiger partial charge in [-0.25, -0.2) is 4.52 Å². The van der Waals surface area contributed by atoms with Crippen LogP contribution in [0, 0.1) is 0 Å². The second-order valence-corrected chi connectivity index (χ2v) is 6.91. The average molecular weight is 358 g/mol. The summed E-state index contributed by atoms with van der Waals surface area (Å²) in [6.07, 6.45) is 4.50. The van der Waals surface area contributed by atoms with Crippen LogP contribution in [0.3, 0.4) is 0 Å². The van der Waals surface area contributed by atoms with Gasteiger partial charge in [-0.05, 0) is 42.5 Å². The summed E-state index contributed by atoms with van der Waals surface area (Å²) in [6, 6.07) is 15.4. The van der Waals surface area contributed by atoms with E-state index in [9.17, 15) is 9.59 Å². The number of aryl methyl sites for hydroxylation is 1. The van der Waals surface area contributed by atoms with E-state index in [1.807, 2.05) is 24.3 Å². The molecule has 0 bridgehead atoms. The monoisotopic (exact) mass is 358 g/mol. The van der Waals surface area contributed by atoms with Gasteiger partial charge >= 0.3 is 0 Å². The summed E-state index contributed by atoms with van der Waals surface area (Å²) in [4.78, 5) is 28.2. The minimum atomic E-state index is -0.226. The third-order valence-electron chi connectivity index (χ3n) is 5.30. The predicted molar refractivity (Wildman–Crippen MR) is 103 cm³/mol. The third-order valence-corrected chi connectivity index (χ3v) is 5.30. The third kappa shape index (κ3) is 2.52. The maximum Gasteiger partial charge on any atom is 0.259 e. The number of aromatic nitrogens is 3. The van der Waals surface area contributed by atoms with Crippen molar-refractivity contribution >= 4 is 22.5 Å².